The lowest BCUT2D eigenvalue weighted by Gasteiger charge is -2.48. The van der Waals surface area contributed by atoms with Gasteiger partial charge in [-0.3, -0.25) is 0 Å². The van der Waals surface area contributed by atoms with Gasteiger partial charge in [0.05, 0.1) is 6.61 Å². The number of rotatable bonds is 8. The highest BCUT2D eigenvalue weighted by molar-refractivity contribution is 5.68. The van der Waals surface area contributed by atoms with Crippen LogP contribution in [0.2, 0.25) is 0 Å². The quantitative estimate of drug-likeness (QED) is 0.242. The van der Waals surface area contributed by atoms with Crippen molar-refractivity contribution in [3.63, 3.8) is 0 Å². The third-order valence-corrected chi connectivity index (χ3v) is 8.74. The molecule has 3 aromatic carbocycles. The van der Waals surface area contributed by atoms with Crippen molar-refractivity contribution < 1.29 is 19.4 Å². The number of unbranched alkanes of at least 4 members (excludes halogenated alkanes) is 1. The number of benzene rings is 3. The van der Waals surface area contributed by atoms with E-state index in [4.69, 9.17) is 9.47 Å². The van der Waals surface area contributed by atoms with Gasteiger partial charge < -0.3 is 14.6 Å². The van der Waals surface area contributed by atoms with Crippen LogP contribution in [0.3, 0.4) is 0 Å². The van der Waals surface area contributed by atoms with Crippen LogP contribution in [-0.4, -0.2) is 11.3 Å². The number of carbonyl (C=O) groups excluding carboxylic acids is 1. The van der Waals surface area contributed by atoms with E-state index in [1.807, 2.05) is 25.1 Å². The first-order valence-electron chi connectivity index (χ1n) is 14.0. The second kappa shape index (κ2) is 11.7. The lowest BCUT2D eigenvalue weighted by atomic mass is 9.55. The molecule has 3 aromatic rings. The second-order valence-corrected chi connectivity index (χ2v) is 11.7. The molecule has 0 saturated heterocycles. The van der Waals surface area contributed by atoms with E-state index in [9.17, 15) is 9.90 Å². The Kier molecular flexibility index (Phi) is 8.62. The topological polar surface area (TPSA) is 55.8 Å². The van der Waals surface area contributed by atoms with Crippen molar-refractivity contribution in [1.29, 1.82) is 0 Å². The summed E-state index contributed by atoms with van der Waals surface area (Å²) in [6.07, 6.45) is 5.60. The molecule has 0 radical (unpaired) electrons. The third-order valence-electron chi connectivity index (χ3n) is 8.74. The van der Waals surface area contributed by atoms with Crippen LogP contribution >= 0.6 is 0 Å². The fraction of sp³-hybridized carbons (Fsp3) is 0.441. The van der Waals surface area contributed by atoms with Crippen LogP contribution in [0.5, 0.6) is 11.5 Å². The number of aryl methyl sites for hydroxylation is 2. The summed E-state index contributed by atoms with van der Waals surface area (Å²) in [5.41, 5.74) is 5.43. The average Bonchev–Trinajstić information content (AvgIpc) is 2.91. The van der Waals surface area contributed by atoms with Crippen molar-refractivity contribution in [3.8, 4) is 11.5 Å². The van der Waals surface area contributed by atoms with Gasteiger partial charge in [-0.15, -0.1) is 0 Å². The summed E-state index contributed by atoms with van der Waals surface area (Å²) in [6.45, 7) is 11.0. The van der Waals surface area contributed by atoms with E-state index in [-0.39, 0.29) is 12.0 Å². The molecule has 4 nitrogen and oxygen atoms in total. The van der Waals surface area contributed by atoms with Gasteiger partial charge >= 0.3 is 6.16 Å². The van der Waals surface area contributed by atoms with Crippen molar-refractivity contribution in [2.45, 2.75) is 85.2 Å². The molecule has 1 saturated carbocycles. The summed E-state index contributed by atoms with van der Waals surface area (Å²) in [5, 5.41) is 9.81. The molecule has 38 heavy (non-hydrogen) atoms. The summed E-state index contributed by atoms with van der Waals surface area (Å²) in [5.74, 6) is 1.38. The van der Waals surface area contributed by atoms with Gasteiger partial charge in [0.2, 0.25) is 0 Å². The van der Waals surface area contributed by atoms with Crippen LogP contribution in [0.25, 0.3) is 0 Å². The molecule has 2 atom stereocenters. The maximum Gasteiger partial charge on any atom is 0.519 e. The standard InChI is InChI=1S/C34H42O4/c1-6-7-11-26-14-16-31(27(21-26)23-35)38-32(36)37-30-17-15-29(20-24(30)2)34(28-12-9-8-10-13-28)19-18-33(4,5)25(3)22-34/h8-10,12-17,20-21,25,35H,6-7,11,18-19,22-23H2,1-5H3. The third kappa shape index (κ3) is 5.96. The highest BCUT2D eigenvalue weighted by Crippen LogP contribution is 2.53. The molecule has 1 N–H and O–H groups in total. The van der Waals surface area contributed by atoms with Crippen molar-refractivity contribution in [2.24, 2.45) is 11.3 Å². The minimum Gasteiger partial charge on any atom is -0.394 e. The van der Waals surface area contributed by atoms with Gasteiger partial charge in [-0.05, 0) is 90.8 Å². The van der Waals surface area contributed by atoms with Crippen LogP contribution in [0, 0.1) is 18.3 Å². The normalized spacial score (nSPS) is 20.6. The lowest BCUT2D eigenvalue weighted by molar-refractivity contribution is 0.107. The van der Waals surface area contributed by atoms with E-state index in [0.717, 1.165) is 49.7 Å². The molecule has 4 heteroatoms. The van der Waals surface area contributed by atoms with Crippen LogP contribution in [0.1, 0.15) is 87.6 Å². The molecule has 2 unspecified atom stereocenters. The molecule has 0 heterocycles. The Morgan fingerprint density at radius 3 is 2.32 bits per heavy atom. The Morgan fingerprint density at radius 2 is 1.66 bits per heavy atom. The van der Waals surface area contributed by atoms with E-state index in [1.54, 1.807) is 6.07 Å². The molecular weight excluding hydrogens is 472 g/mol. The smallest absolute Gasteiger partial charge is 0.394 e. The zero-order chi connectivity index (χ0) is 27.3. The van der Waals surface area contributed by atoms with Crippen LogP contribution in [0.4, 0.5) is 4.79 Å². The largest absolute Gasteiger partial charge is 0.519 e. The van der Waals surface area contributed by atoms with E-state index in [2.05, 4.69) is 70.2 Å². The minimum absolute atomic E-state index is 0.0739. The first-order chi connectivity index (χ1) is 18.2. The maximum absolute atomic E-state index is 12.7. The van der Waals surface area contributed by atoms with E-state index in [0.29, 0.717) is 28.4 Å². The molecule has 1 fully saturated rings. The molecule has 1 aliphatic carbocycles. The lowest BCUT2D eigenvalue weighted by Crippen LogP contribution is -2.41. The number of aliphatic hydroxyl groups excluding tert-OH is 1. The summed E-state index contributed by atoms with van der Waals surface area (Å²) >= 11 is 0. The van der Waals surface area contributed by atoms with Crippen molar-refractivity contribution in [2.75, 3.05) is 0 Å². The Morgan fingerprint density at radius 1 is 0.947 bits per heavy atom. The van der Waals surface area contributed by atoms with Gasteiger partial charge in [0.1, 0.15) is 11.5 Å². The number of ether oxygens (including phenoxy) is 2. The maximum atomic E-state index is 12.7. The molecule has 1 aliphatic rings. The molecule has 0 aromatic heterocycles. The van der Waals surface area contributed by atoms with E-state index >= 15 is 0 Å². The first-order valence-corrected chi connectivity index (χ1v) is 14.0. The predicted octanol–water partition coefficient (Wildman–Crippen LogP) is 8.54. The molecule has 0 bridgehead atoms. The Labute approximate surface area is 228 Å². The number of hydrogen-bond donors (Lipinski definition) is 1. The van der Waals surface area contributed by atoms with Crippen molar-refractivity contribution >= 4 is 6.16 Å². The molecule has 0 amide bonds. The highest BCUT2D eigenvalue weighted by Gasteiger charge is 2.44. The number of carbonyl (C=O) groups is 1. The van der Waals surface area contributed by atoms with E-state index < -0.39 is 6.16 Å². The molecule has 202 valence electrons. The predicted molar refractivity (Wildman–Crippen MR) is 153 cm³/mol. The van der Waals surface area contributed by atoms with Gasteiger partial charge in [-0.2, -0.15) is 0 Å². The first kappa shape index (κ1) is 27.9. The Bertz CT molecular complexity index is 1250. The second-order valence-electron chi connectivity index (χ2n) is 11.7. The monoisotopic (exact) mass is 514 g/mol. The van der Waals surface area contributed by atoms with Gasteiger partial charge in [0.15, 0.2) is 0 Å². The highest BCUT2D eigenvalue weighted by atomic mass is 16.7. The fourth-order valence-electron chi connectivity index (χ4n) is 5.79. The van der Waals surface area contributed by atoms with Crippen LogP contribution < -0.4 is 9.47 Å². The number of aliphatic hydroxyl groups is 1. The van der Waals surface area contributed by atoms with Gasteiger partial charge in [-0.1, -0.05) is 82.6 Å². The Hall–Kier alpha value is -3.11. The van der Waals surface area contributed by atoms with Crippen LogP contribution in [0.15, 0.2) is 66.7 Å². The summed E-state index contributed by atoms with van der Waals surface area (Å²) in [4.78, 5) is 12.7. The minimum atomic E-state index is -0.803. The Balaban J connectivity index is 1.55. The molecule has 4 rings (SSSR count). The molecule has 0 spiro atoms. The van der Waals surface area contributed by atoms with Gasteiger partial charge in [0.25, 0.3) is 0 Å². The van der Waals surface area contributed by atoms with Crippen LogP contribution in [-0.2, 0) is 18.4 Å². The van der Waals surface area contributed by atoms with Crippen molar-refractivity contribution in [1.82, 2.24) is 0 Å². The average molecular weight is 515 g/mol. The van der Waals surface area contributed by atoms with Crippen molar-refractivity contribution in [3.05, 3.63) is 94.5 Å². The molecule has 0 aliphatic heterocycles. The SMILES string of the molecule is CCCCc1ccc(OC(=O)Oc2ccc(C3(c4ccccc4)CCC(C)(C)C(C)C3)cc2C)c(CO)c1. The zero-order valence-corrected chi connectivity index (χ0v) is 23.5. The summed E-state index contributed by atoms with van der Waals surface area (Å²) in [7, 11) is 0. The fourth-order valence-corrected chi connectivity index (χ4v) is 5.79. The zero-order valence-electron chi connectivity index (χ0n) is 23.5. The number of hydrogen-bond acceptors (Lipinski definition) is 4. The summed E-state index contributed by atoms with van der Waals surface area (Å²) in [6, 6.07) is 22.5. The molecular formula is C34H42O4. The summed E-state index contributed by atoms with van der Waals surface area (Å²) < 4.78 is 11.1. The van der Waals surface area contributed by atoms with E-state index in [1.165, 1.54) is 11.1 Å². The van der Waals surface area contributed by atoms with Gasteiger partial charge in [-0.25, -0.2) is 4.79 Å². The van der Waals surface area contributed by atoms with Gasteiger partial charge in [0, 0.05) is 11.0 Å².